The van der Waals surface area contributed by atoms with Gasteiger partial charge in [-0.1, -0.05) is 30.3 Å². The van der Waals surface area contributed by atoms with Crippen LogP contribution in [0.2, 0.25) is 0 Å². The normalized spacial score (nSPS) is 12.3. The van der Waals surface area contributed by atoms with Gasteiger partial charge in [-0.15, -0.1) is 0 Å². The molecule has 4 heteroatoms. The molecule has 3 aromatic rings. The quantitative estimate of drug-likeness (QED) is 0.801. The zero-order valence-electron chi connectivity index (χ0n) is 12.1. The monoisotopic (exact) mass is 279 g/mol. The standard InChI is InChI=1S/C17H17N3O/c1-12(16-10-18-20(2)11-16)19-17(21)15-8-7-13-5-3-4-6-14(13)9-15/h3-12H,1-2H3,(H,19,21). The van der Waals surface area contributed by atoms with E-state index in [9.17, 15) is 4.79 Å². The topological polar surface area (TPSA) is 46.9 Å². The second-order valence-electron chi connectivity index (χ2n) is 5.20. The van der Waals surface area contributed by atoms with Gasteiger partial charge >= 0.3 is 0 Å². The van der Waals surface area contributed by atoms with E-state index in [0.29, 0.717) is 5.56 Å². The molecule has 2 aromatic carbocycles. The molecule has 0 saturated carbocycles. The predicted octanol–water partition coefficient (Wildman–Crippen LogP) is 3.06. The van der Waals surface area contributed by atoms with Crippen LogP contribution in [0.5, 0.6) is 0 Å². The summed E-state index contributed by atoms with van der Waals surface area (Å²) in [6.45, 7) is 1.95. The molecule has 1 aromatic heterocycles. The summed E-state index contributed by atoms with van der Waals surface area (Å²) in [5.74, 6) is -0.0721. The minimum Gasteiger partial charge on any atom is -0.345 e. The van der Waals surface area contributed by atoms with Crippen LogP contribution < -0.4 is 5.32 Å². The summed E-state index contributed by atoms with van der Waals surface area (Å²) in [5, 5.41) is 9.32. The van der Waals surface area contributed by atoms with E-state index < -0.39 is 0 Å². The van der Waals surface area contributed by atoms with Crippen molar-refractivity contribution in [3.8, 4) is 0 Å². The van der Waals surface area contributed by atoms with Crippen LogP contribution in [-0.2, 0) is 7.05 Å². The summed E-state index contributed by atoms with van der Waals surface area (Å²) < 4.78 is 1.73. The SMILES string of the molecule is CC(NC(=O)c1ccc2ccccc2c1)c1cnn(C)c1. The first-order chi connectivity index (χ1) is 10.1. The van der Waals surface area contributed by atoms with Gasteiger partial charge in [-0.3, -0.25) is 9.48 Å². The average Bonchev–Trinajstić information content (AvgIpc) is 2.93. The van der Waals surface area contributed by atoms with Crippen molar-refractivity contribution >= 4 is 16.7 Å². The number of hydrogen-bond donors (Lipinski definition) is 1. The van der Waals surface area contributed by atoms with Gasteiger partial charge in [0.2, 0.25) is 0 Å². The summed E-state index contributed by atoms with van der Waals surface area (Å²) in [7, 11) is 1.86. The van der Waals surface area contributed by atoms with Crippen LogP contribution >= 0.6 is 0 Å². The van der Waals surface area contributed by atoms with E-state index in [0.717, 1.165) is 16.3 Å². The zero-order valence-corrected chi connectivity index (χ0v) is 12.1. The molecule has 0 bridgehead atoms. The number of nitrogens with zero attached hydrogens (tertiary/aromatic N) is 2. The van der Waals surface area contributed by atoms with Gasteiger partial charge in [0.1, 0.15) is 0 Å². The molecule has 0 radical (unpaired) electrons. The minimum absolute atomic E-state index is 0.0716. The molecule has 0 aliphatic carbocycles. The molecule has 1 atom stereocenters. The number of fused-ring (bicyclic) bond motifs is 1. The molecule has 0 fully saturated rings. The lowest BCUT2D eigenvalue weighted by atomic mass is 10.1. The van der Waals surface area contributed by atoms with Crippen LogP contribution in [0.25, 0.3) is 10.8 Å². The highest BCUT2D eigenvalue weighted by Crippen LogP contribution is 2.17. The van der Waals surface area contributed by atoms with Crippen molar-refractivity contribution < 1.29 is 4.79 Å². The van der Waals surface area contributed by atoms with Gasteiger partial charge in [-0.2, -0.15) is 5.10 Å². The maximum atomic E-state index is 12.3. The molecule has 1 heterocycles. The Hall–Kier alpha value is -2.62. The van der Waals surface area contributed by atoms with Gasteiger partial charge in [0.25, 0.3) is 5.91 Å². The second kappa shape index (κ2) is 5.40. The Kier molecular flexibility index (Phi) is 3.44. The van der Waals surface area contributed by atoms with Gasteiger partial charge in [-0.25, -0.2) is 0 Å². The van der Waals surface area contributed by atoms with Gasteiger partial charge in [0.15, 0.2) is 0 Å². The van der Waals surface area contributed by atoms with Crippen molar-refractivity contribution in [3.63, 3.8) is 0 Å². The van der Waals surface area contributed by atoms with Crippen LogP contribution in [0.3, 0.4) is 0 Å². The molecule has 106 valence electrons. The third-order valence-corrected chi connectivity index (χ3v) is 3.58. The largest absolute Gasteiger partial charge is 0.345 e. The van der Waals surface area contributed by atoms with Crippen molar-refractivity contribution in [2.75, 3.05) is 0 Å². The number of rotatable bonds is 3. The Morgan fingerprint density at radius 1 is 1.19 bits per heavy atom. The first-order valence-corrected chi connectivity index (χ1v) is 6.92. The van der Waals surface area contributed by atoms with Crippen LogP contribution in [0, 0.1) is 0 Å². The number of carbonyl (C=O) groups excluding carboxylic acids is 1. The highest BCUT2D eigenvalue weighted by Gasteiger charge is 2.13. The Morgan fingerprint density at radius 2 is 1.95 bits per heavy atom. The lowest BCUT2D eigenvalue weighted by Gasteiger charge is -2.12. The molecule has 1 N–H and O–H groups in total. The van der Waals surface area contributed by atoms with Gasteiger partial charge in [-0.05, 0) is 29.8 Å². The Balaban J connectivity index is 1.80. The molecule has 0 aliphatic rings. The van der Waals surface area contributed by atoms with Gasteiger partial charge < -0.3 is 5.32 Å². The molecule has 21 heavy (non-hydrogen) atoms. The molecule has 0 aliphatic heterocycles. The minimum atomic E-state index is -0.0721. The van der Waals surface area contributed by atoms with Crippen LogP contribution in [0.1, 0.15) is 28.9 Å². The average molecular weight is 279 g/mol. The van der Waals surface area contributed by atoms with Crippen molar-refractivity contribution in [2.24, 2.45) is 7.05 Å². The fourth-order valence-corrected chi connectivity index (χ4v) is 2.36. The number of nitrogens with one attached hydrogen (secondary N) is 1. The fourth-order valence-electron chi connectivity index (χ4n) is 2.36. The molecule has 3 rings (SSSR count). The Morgan fingerprint density at radius 3 is 2.67 bits per heavy atom. The van der Waals surface area contributed by atoms with Crippen LogP contribution in [0.4, 0.5) is 0 Å². The highest BCUT2D eigenvalue weighted by molar-refractivity contribution is 5.98. The lowest BCUT2D eigenvalue weighted by molar-refractivity contribution is 0.0940. The van der Waals surface area contributed by atoms with Gasteiger partial charge in [0, 0.05) is 24.4 Å². The molecule has 4 nitrogen and oxygen atoms in total. The Labute approximate surface area is 123 Å². The van der Waals surface area contributed by atoms with Crippen molar-refractivity contribution in [3.05, 3.63) is 66.0 Å². The molecular formula is C17H17N3O. The Bertz CT molecular complexity index is 791. The molecule has 1 amide bonds. The maximum absolute atomic E-state index is 12.3. The summed E-state index contributed by atoms with van der Waals surface area (Å²) in [6.07, 6.45) is 3.68. The highest BCUT2D eigenvalue weighted by atomic mass is 16.1. The van der Waals surface area contributed by atoms with E-state index >= 15 is 0 Å². The van der Waals surface area contributed by atoms with E-state index in [4.69, 9.17) is 0 Å². The van der Waals surface area contributed by atoms with E-state index in [2.05, 4.69) is 10.4 Å². The number of hydrogen-bond acceptors (Lipinski definition) is 2. The summed E-state index contributed by atoms with van der Waals surface area (Å²) in [5.41, 5.74) is 1.66. The van der Waals surface area contributed by atoms with Crippen molar-refractivity contribution in [1.29, 1.82) is 0 Å². The third kappa shape index (κ3) is 2.79. The molecule has 0 spiro atoms. The number of amides is 1. The first-order valence-electron chi connectivity index (χ1n) is 6.92. The zero-order chi connectivity index (χ0) is 14.8. The summed E-state index contributed by atoms with van der Waals surface area (Å²) in [4.78, 5) is 12.3. The number of carbonyl (C=O) groups is 1. The summed E-state index contributed by atoms with van der Waals surface area (Å²) >= 11 is 0. The molecule has 1 unspecified atom stereocenters. The fraction of sp³-hybridized carbons (Fsp3) is 0.176. The number of benzene rings is 2. The van der Waals surface area contributed by atoms with E-state index in [-0.39, 0.29) is 11.9 Å². The third-order valence-electron chi connectivity index (χ3n) is 3.58. The van der Waals surface area contributed by atoms with Gasteiger partial charge in [0.05, 0.1) is 12.2 Å². The van der Waals surface area contributed by atoms with E-state index in [1.165, 1.54) is 0 Å². The van der Waals surface area contributed by atoms with Crippen LogP contribution in [0.15, 0.2) is 54.9 Å². The predicted molar refractivity (Wildman–Crippen MR) is 83.0 cm³/mol. The number of aryl methyl sites for hydroxylation is 1. The van der Waals surface area contributed by atoms with E-state index in [1.54, 1.807) is 10.9 Å². The first kappa shape index (κ1) is 13.4. The molecular weight excluding hydrogens is 262 g/mol. The maximum Gasteiger partial charge on any atom is 0.251 e. The van der Waals surface area contributed by atoms with E-state index in [1.807, 2.05) is 62.6 Å². The lowest BCUT2D eigenvalue weighted by Crippen LogP contribution is -2.26. The van der Waals surface area contributed by atoms with Crippen LogP contribution in [-0.4, -0.2) is 15.7 Å². The summed E-state index contributed by atoms with van der Waals surface area (Å²) in [6, 6.07) is 13.7. The van der Waals surface area contributed by atoms with Crippen molar-refractivity contribution in [2.45, 2.75) is 13.0 Å². The van der Waals surface area contributed by atoms with Crippen molar-refractivity contribution in [1.82, 2.24) is 15.1 Å². The molecule has 0 saturated heterocycles. The smallest absolute Gasteiger partial charge is 0.251 e. The second-order valence-corrected chi connectivity index (χ2v) is 5.20. The number of aromatic nitrogens is 2.